The maximum atomic E-state index is 9.01. The summed E-state index contributed by atoms with van der Waals surface area (Å²) in [4.78, 5) is 5.25. The zero-order chi connectivity index (χ0) is 25.3. The molecule has 36 heavy (non-hydrogen) atoms. The van der Waals surface area contributed by atoms with Crippen LogP contribution in [0.3, 0.4) is 0 Å². The number of nitriles is 2. The summed E-state index contributed by atoms with van der Waals surface area (Å²) in [5, 5.41) is 22.3. The van der Waals surface area contributed by atoms with Crippen molar-refractivity contribution in [3.63, 3.8) is 0 Å². The van der Waals surface area contributed by atoms with Crippen molar-refractivity contribution in [2.45, 2.75) is 32.1 Å². The monoisotopic (exact) mass is 474 g/mol. The van der Waals surface area contributed by atoms with Gasteiger partial charge in [0.05, 0.1) is 25.0 Å². The van der Waals surface area contributed by atoms with Crippen LogP contribution < -0.4 is 5.90 Å². The van der Waals surface area contributed by atoms with Crippen molar-refractivity contribution in [3.05, 3.63) is 107 Å². The molecule has 6 nitrogen and oxygen atoms in total. The Hall–Kier alpha value is -4.65. The van der Waals surface area contributed by atoms with Gasteiger partial charge in [0.2, 0.25) is 0 Å². The molecule has 0 bridgehead atoms. The van der Waals surface area contributed by atoms with E-state index >= 15 is 0 Å². The molecular formula is C30H26N4O2. The normalized spacial score (nSPS) is 11.9. The van der Waals surface area contributed by atoms with Gasteiger partial charge in [0.15, 0.2) is 11.5 Å². The maximum Gasteiger partial charge on any atom is 0.167 e. The van der Waals surface area contributed by atoms with Gasteiger partial charge in [0, 0.05) is 28.7 Å². The Morgan fingerprint density at radius 3 is 2.36 bits per heavy atom. The van der Waals surface area contributed by atoms with E-state index in [0.717, 1.165) is 45.5 Å². The second-order valence-electron chi connectivity index (χ2n) is 8.44. The summed E-state index contributed by atoms with van der Waals surface area (Å²) in [6, 6.07) is 29.8. The number of hydrogen-bond acceptors (Lipinski definition) is 6. The molecule has 0 spiro atoms. The molecule has 3 aromatic carbocycles. The van der Waals surface area contributed by atoms with Crippen LogP contribution in [0, 0.1) is 22.7 Å². The quantitative estimate of drug-likeness (QED) is 0.217. The third-order valence-corrected chi connectivity index (χ3v) is 6.03. The van der Waals surface area contributed by atoms with Gasteiger partial charge in [0.1, 0.15) is 5.69 Å². The second kappa shape index (κ2) is 11.7. The van der Waals surface area contributed by atoms with Gasteiger partial charge < -0.3 is 9.36 Å². The summed E-state index contributed by atoms with van der Waals surface area (Å²) in [6.07, 6.45) is 3.52. The lowest BCUT2D eigenvalue weighted by molar-refractivity contribution is 0.289. The van der Waals surface area contributed by atoms with Crippen LogP contribution in [0.25, 0.3) is 28.3 Å². The Kier molecular flexibility index (Phi) is 7.93. The first-order chi connectivity index (χ1) is 17.6. The van der Waals surface area contributed by atoms with Crippen LogP contribution in [0.4, 0.5) is 0 Å². The third-order valence-electron chi connectivity index (χ3n) is 6.03. The van der Waals surface area contributed by atoms with Gasteiger partial charge in [-0.3, -0.25) is 0 Å². The zero-order valence-corrected chi connectivity index (χ0v) is 20.0. The van der Waals surface area contributed by atoms with E-state index in [1.807, 2.05) is 72.8 Å². The summed E-state index contributed by atoms with van der Waals surface area (Å²) in [6.45, 7) is 2.11. The van der Waals surface area contributed by atoms with E-state index < -0.39 is 0 Å². The Bertz CT molecular complexity index is 1460. The van der Waals surface area contributed by atoms with Gasteiger partial charge in [-0.05, 0) is 47.4 Å². The molecule has 0 saturated carbocycles. The van der Waals surface area contributed by atoms with Crippen LogP contribution in [-0.4, -0.2) is 5.16 Å². The fourth-order valence-corrected chi connectivity index (χ4v) is 4.16. The zero-order valence-electron chi connectivity index (χ0n) is 20.0. The minimum Gasteiger partial charge on any atom is -0.411 e. The van der Waals surface area contributed by atoms with Crippen LogP contribution in [0.1, 0.15) is 41.5 Å². The Labute approximate surface area is 210 Å². The van der Waals surface area contributed by atoms with E-state index in [4.69, 9.17) is 25.8 Å². The van der Waals surface area contributed by atoms with Crippen LogP contribution in [0.2, 0.25) is 0 Å². The van der Waals surface area contributed by atoms with Gasteiger partial charge in [-0.15, -0.1) is 0 Å². The molecule has 1 atom stereocenters. The fourth-order valence-electron chi connectivity index (χ4n) is 4.16. The molecule has 6 heteroatoms. The summed E-state index contributed by atoms with van der Waals surface area (Å²) < 4.78 is 5.63. The van der Waals surface area contributed by atoms with Crippen LogP contribution >= 0.6 is 0 Å². The van der Waals surface area contributed by atoms with Gasteiger partial charge in [-0.2, -0.15) is 16.4 Å². The molecule has 0 aliphatic carbocycles. The second-order valence-corrected chi connectivity index (χ2v) is 8.44. The summed E-state index contributed by atoms with van der Waals surface area (Å²) in [5.74, 6) is 6.91. The van der Waals surface area contributed by atoms with E-state index in [1.54, 1.807) is 0 Å². The molecule has 0 fully saturated rings. The molecule has 0 radical (unpaired) electrons. The lowest BCUT2D eigenvalue weighted by Gasteiger charge is -2.15. The minimum atomic E-state index is 0.0529. The van der Waals surface area contributed by atoms with E-state index in [-0.39, 0.29) is 5.92 Å². The average Bonchev–Trinajstić information content (AvgIpc) is 3.41. The lowest BCUT2D eigenvalue weighted by atomic mass is 9.92. The highest BCUT2D eigenvalue weighted by molar-refractivity contribution is 5.68. The van der Waals surface area contributed by atoms with Crippen molar-refractivity contribution in [1.82, 2.24) is 5.16 Å². The van der Waals surface area contributed by atoms with Gasteiger partial charge >= 0.3 is 0 Å². The minimum absolute atomic E-state index is 0.0529. The molecule has 1 heterocycles. The first-order valence-electron chi connectivity index (χ1n) is 11.7. The highest BCUT2D eigenvalue weighted by Gasteiger charge is 2.14. The largest absolute Gasteiger partial charge is 0.411 e. The third kappa shape index (κ3) is 5.70. The van der Waals surface area contributed by atoms with Crippen LogP contribution in [-0.2, 0) is 17.7 Å². The van der Waals surface area contributed by atoms with Crippen LogP contribution in [0.15, 0.2) is 89.5 Å². The molecular weight excluding hydrogens is 448 g/mol. The molecule has 4 rings (SSSR count). The molecule has 2 N–H and O–H groups in total. The SMILES string of the molecule is CCC(C=C(ON)c1cccc(CC#N)c1)c1cccc(-c2cc(-c3cccc(CC#N)c3)on2)c1. The number of benzene rings is 3. The molecule has 4 aromatic rings. The summed E-state index contributed by atoms with van der Waals surface area (Å²) in [7, 11) is 0. The average molecular weight is 475 g/mol. The lowest BCUT2D eigenvalue weighted by Crippen LogP contribution is -2.03. The topological polar surface area (TPSA) is 109 Å². The van der Waals surface area contributed by atoms with Crippen molar-refractivity contribution >= 4 is 5.76 Å². The Morgan fingerprint density at radius 1 is 0.944 bits per heavy atom. The molecule has 0 amide bonds. The predicted octanol–water partition coefficient (Wildman–Crippen LogP) is 6.57. The number of aromatic nitrogens is 1. The molecule has 1 aromatic heterocycles. The van der Waals surface area contributed by atoms with E-state index in [2.05, 4.69) is 36.4 Å². The van der Waals surface area contributed by atoms with Crippen molar-refractivity contribution in [3.8, 4) is 34.7 Å². The standard InChI is InChI=1S/C30H26N4O2/c1-2-23(19-29(35-33)26-10-3-6-21(16-26)12-14-31)24-8-5-9-25(18-24)28-20-30(36-34-28)27-11-4-7-22(17-27)13-15-32/h3-11,16-20,23H,2,12-13,33H2,1H3. The molecule has 1 unspecified atom stereocenters. The van der Waals surface area contributed by atoms with E-state index in [0.29, 0.717) is 24.4 Å². The first-order valence-corrected chi connectivity index (χ1v) is 11.7. The smallest absolute Gasteiger partial charge is 0.167 e. The molecule has 0 aliphatic heterocycles. The van der Waals surface area contributed by atoms with Crippen molar-refractivity contribution in [2.75, 3.05) is 0 Å². The molecule has 0 saturated heterocycles. The number of nitrogens with two attached hydrogens (primary N) is 1. The van der Waals surface area contributed by atoms with Gasteiger partial charge in [0.25, 0.3) is 0 Å². The Balaban J connectivity index is 1.62. The van der Waals surface area contributed by atoms with Gasteiger partial charge in [-0.1, -0.05) is 66.7 Å². The summed E-state index contributed by atoms with van der Waals surface area (Å²) in [5.41, 5.74) is 6.33. The van der Waals surface area contributed by atoms with E-state index in [1.165, 1.54) is 0 Å². The maximum absolute atomic E-state index is 9.01. The highest BCUT2D eigenvalue weighted by atomic mass is 16.6. The summed E-state index contributed by atoms with van der Waals surface area (Å²) >= 11 is 0. The number of nitrogens with zero attached hydrogens (tertiary/aromatic N) is 3. The highest BCUT2D eigenvalue weighted by Crippen LogP contribution is 2.31. The predicted molar refractivity (Wildman–Crippen MR) is 139 cm³/mol. The van der Waals surface area contributed by atoms with E-state index in [9.17, 15) is 0 Å². The molecule has 178 valence electrons. The molecule has 0 aliphatic rings. The fraction of sp³-hybridized carbons (Fsp3) is 0.167. The number of rotatable bonds is 9. The number of hydrogen-bond donors (Lipinski definition) is 1. The van der Waals surface area contributed by atoms with Crippen molar-refractivity contribution < 1.29 is 9.36 Å². The number of allylic oxidation sites excluding steroid dienone is 1. The van der Waals surface area contributed by atoms with Crippen molar-refractivity contribution in [2.24, 2.45) is 5.90 Å². The van der Waals surface area contributed by atoms with Crippen molar-refractivity contribution in [1.29, 1.82) is 10.5 Å². The Morgan fingerprint density at radius 2 is 1.64 bits per heavy atom. The van der Waals surface area contributed by atoms with Gasteiger partial charge in [-0.25, -0.2) is 0 Å². The first kappa shape index (κ1) is 24.5. The van der Waals surface area contributed by atoms with Crippen LogP contribution in [0.5, 0.6) is 0 Å².